The van der Waals surface area contributed by atoms with E-state index in [-0.39, 0.29) is 11.6 Å². The standard InChI is InChI=1S/C20H17NO6/c1-12-3-6-14(7-4-12)19-21-15(20(24)27-19)9-13-5-8-16(17(10-13)25-2)26-11-18(22)23/h3-10H,11H2,1-2H3,(H,22,23)/b15-9-. The predicted octanol–water partition coefficient (Wildman–Crippen LogP) is 2.81. The number of ether oxygens (including phenoxy) is 3. The summed E-state index contributed by atoms with van der Waals surface area (Å²) in [6.45, 7) is 1.49. The summed E-state index contributed by atoms with van der Waals surface area (Å²) < 4.78 is 15.6. The van der Waals surface area contributed by atoms with Crippen LogP contribution in [-0.4, -0.2) is 36.7 Å². The van der Waals surface area contributed by atoms with Crippen LogP contribution in [-0.2, 0) is 14.3 Å². The fourth-order valence-corrected chi connectivity index (χ4v) is 2.42. The zero-order valence-electron chi connectivity index (χ0n) is 14.8. The SMILES string of the molecule is COc1cc(/C=C2\N=C(c3ccc(C)cc3)OC2=O)ccc1OCC(=O)O. The molecule has 1 heterocycles. The molecule has 0 bridgehead atoms. The number of esters is 1. The van der Waals surface area contributed by atoms with E-state index in [1.54, 1.807) is 24.3 Å². The predicted molar refractivity (Wildman–Crippen MR) is 97.9 cm³/mol. The van der Waals surface area contributed by atoms with Crippen molar-refractivity contribution in [3.63, 3.8) is 0 Å². The number of methoxy groups -OCH3 is 1. The quantitative estimate of drug-likeness (QED) is 0.623. The van der Waals surface area contributed by atoms with Gasteiger partial charge in [-0.1, -0.05) is 23.8 Å². The van der Waals surface area contributed by atoms with Gasteiger partial charge >= 0.3 is 11.9 Å². The van der Waals surface area contributed by atoms with Crippen molar-refractivity contribution in [2.24, 2.45) is 4.99 Å². The first-order valence-corrected chi connectivity index (χ1v) is 8.08. The molecule has 27 heavy (non-hydrogen) atoms. The molecular weight excluding hydrogens is 350 g/mol. The number of carbonyl (C=O) groups is 2. The van der Waals surface area contributed by atoms with Gasteiger partial charge in [-0.15, -0.1) is 0 Å². The third-order valence-electron chi connectivity index (χ3n) is 3.76. The first-order chi connectivity index (χ1) is 13.0. The Bertz CT molecular complexity index is 943. The molecule has 1 aliphatic heterocycles. The number of rotatable bonds is 6. The van der Waals surface area contributed by atoms with Gasteiger partial charge in [-0.2, -0.15) is 0 Å². The van der Waals surface area contributed by atoms with E-state index >= 15 is 0 Å². The minimum atomic E-state index is -1.09. The van der Waals surface area contributed by atoms with Gasteiger partial charge in [0.25, 0.3) is 0 Å². The number of carboxylic acid groups (broad SMARTS) is 1. The monoisotopic (exact) mass is 367 g/mol. The average Bonchev–Trinajstić information content (AvgIpc) is 3.01. The van der Waals surface area contributed by atoms with Crippen LogP contribution in [0.2, 0.25) is 0 Å². The van der Waals surface area contributed by atoms with Crippen molar-refractivity contribution in [1.29, 1.82) is 0 Å². The van der Waals surface area contributed by atoms with E-state index in [1.165, 1.54) is 7.11 Å². The molecule has 0 spiro atoms. The summed E-state index contributed by atoms with van der Waals surface area (Å²) in [4.78, 5) is 27.0. The van der Waals surface area contributed by atoms with Crippen LogP contribution in [0.5, 0.6) is 11.5 Å². The van der Waals surface area contributed by atoms with Crippen molar-refractivity contribution >= 4 is 23.9 Å². The molecular formula is C20H17NO6. The lowest BCUT2D eigenvalue weighted by Gasteiger charge is -2.09. The van der Waals surface area contributed by atoms with Crippen molar-refractivity contribution < 1.29 is 28.9 Å². The number of aryl methyl sites for hydroxylation is 1. The van der Waals surface area contributed by atoms with Gasteiger partial charge in [-0.3, -0.25) is 0 Å². The number of cyclic esters (lactones) is 1. The highest BCUT2D eigenvalue weighted by Crippen LogP contribution is 2.29. The Kier molecular flexibility index (Phi) is 5.21. The maximum atomic E-state index is 12.1. The van der Waals surface area contributed by atoms with Crippen LogP contribution in [0, 0.1) is 6.92 Å². The van der Waals surface area contributed by atoms with E-state index in [2.05, 4.69) is 4.99 Å². The normalized spacial score (nSPS) is 14.7. The van der Waals surface area contributed by atoms with Crippen LogP contribution in [0.25, 0.3) is 6.08 Å². The van der Waals surface area contributed by atoms with Crippen LogP contribution in [0.1, 0.15) is 16.7 Å². The fraction of sp³-hybridized carbons (Fsp3) is 0.150. The van der Waals surface area contributed by atoms with E-state index in [4.69, 9.17) is 19.3 Å². The van der Waals surface area contributed by atoms with Gasteiger partial charge in [0, 0.05) is 5.56 Å². The highest BCUT2D eigenvalue weighted by atomic mass is 16.6. The molecule has 0 atom stereocenters. The summed E-state index contributed by atoms with van der Waals surface area (Å²) in [5.74, 6) is -0.745. The van der Waals surface area contributed by atoms with Crippen LogP contribution in [0.3, 0.4) is 0 Å². The third kappa shape index (κ3) is 4.33. The number of benzene rings is 2. The van der Waals surface area contributed by atoms with Gasteiger partial charge in [0.2, 0.25) is 5.90 Å². The average molecular weight is 367 g/mol. The van der Waals surface area contributed by atoms with Crippen LogP contribution in [0.4, 0.5) is 0 Å². The maximum absolute atomic E-state index is 12.1. The molecule has 2 aromatic carbocycles. The highest BCUT2D eigenvalue weighted by Gasteiger charge is 2.24. The molecule has 2 aromatic rings. The lowest BCUT2D eigenvalue weighted by Crippen LogP contribution is -2.10. The van der Waals surface area contributed by atoms with E-state index in [0.29, 0.717) is 22.6 Å². The van der Waals surface area contributed by atoms with Gasteiger partial charge in [0.05, 0.1) is 7.11 Å². The Morgan fingerprint density at radius 2 is 1.93 bits per heavy atom. The first-order valence-electron chi connectivity index (χ1n) is 8.08. The summed E-state index contributed by atoms with van der Waals surface area (Å²) in [5.41, 5.74) is 2.60. The lowest BCUT2D eigenvalue weighted by molar-refractivity contribution is -0.139. The summed E-state index contributed by atoms with van der Waals surface area (Å²) in [7, 11) is 1.44. The van der Waals surface area contributed by atoms with E-state index in [9.17, 15) is 9.59 Å². The molecule has 0 radical (unpaired) electrons. The highest BCUT2D eigenvalue weighted by molar-refractivity contribution is 6.12. The third-order valence-corrected chi connectivity index (χ3v) is 3.76. The second-order valence-electron chi connectivity index (χ2n) is 5.79. The van der Waals surface area contributed by atoms with Gasteiger partial charge < -0.3 is 19.3 Å². The molecule has 0 aliphatic carbocycles. The van der Waals surface area contributed by atoms with Gasteiger partial charge in [-0.25, -0.2) is 14.6 Å². The van der Waals surface area contributed by atoms with E-state index in [0.717, 1.165) is 5.56 Å². The number of aliphatic carboxylic acids is 1. The Balaban J connectivity index is 1.85. The van der Waals surface area contributed by atoms with Gasteiger partial charge in [0.1, 0.15) is 0 Å². The second kappa shape index (κ2) is 7.74. The van der Waals surface area contributed by atoms with E-state index in [1.807, 2.05) is 31.2 Å². The Morgan fingerprint density at radius 3 is 2.59 bits per heavy atom. The van der Waals surface area contributed by atoms with Crippen molar-refractivity contribution in [2.45, 2.75) is 6.92 Å². The van der Waals surface area contributed by atoms with Crippen molar-refractivity contribution in [2.75, 3.05) is 13.7 Å². The largest absolute Gasteiger partial charge is 0.493 e. The smallest absolute Gasteiger partial charge is 0.363 e. The minimum Gasteiger partial charge on any atom is -0.493 e. The number of carbonyl (C=O) groups excluding carboxylic acids is 1. The molecule has 1 aliphatic rings. The van der Waals surface area contributed by atoms with Crippen molar-refractivity contribution in [3.8, 4) is 11.5 Å². The maximum Gasteiger partial charge on any atom is 0.363 e. The Labute approximate surface area is 155 Å². The summed E-state index contributed by atoms with van der Waals surface area (Å²) in [6.07, 6.45) is 1.56. The topological polar surface area (TPSA) is 94.4 Å². The number of aliphatic imine (C=N–C) groups is 1. The minimum absolute atomic E-state index is 0.159. The number of carboxylic acids is 1. The van der Waals surface area contributed by atoms with Crippen LogP contribution in [0.15, 0.2) is 53.2 Å². The molecule has 0 unspecified atom stereocenters. The molecule has 0 fully saturated rings. The molecule has 7 heteroatoms. The summed E-state index contributed by atoms with van der Waals surface area (Å²) >= 11 is 0. The van der Waals surface area contributed by atoms with Gasteiger partial charge in [0.15, 0.2) is 23.8 Å². The first kappa shape index (κ1) is 18.2. The zero-order valence-corrected chi connectivity index (χ0v) is 14.8. The molecule has 0 saturated heterocycles. The van der Waals surface area contributed by atoms with E-state index < -0.39 is 18.5 Å². The van der Waals surface area contributed by atoms with Crippen molar-refractivity contribution in [3.05, 3.63) is 64.9 Å². The Morgan fingerprint density at radius 1 is 1.19 bits per heavy atom. The molecule has 0 saturated carbocycles. The Hall–Kier alpha value is -3.61. The fourth-order valence-electron chi connectivity index (χ4n) is 2.42. The van der Waals surface area contributed by atoms with Crippen LogP contribution >= 0.6 is 0 Å². The van der Waals surface area contributed by atoms with Crippen molar-refractivity contribution in [1.82, 2.24) is 0 Å². The summed E-state index contributed by atoms with van der Waals surface area (Å²) in [5, 5.41) is 8.70. The molecule has 1 N–H and O–H groups in total. The zero-order chi connectivity index (χ0) is 19.4. The summed E-state index contributed by atoms with van der Waals surface area (Å²) in [6, 6.07) is 12.3. The lowest BCUT2D eigenvalue weighted by atomic mass is 10.1. The molecule has 0 aromatic heterocycles. The molecule has 0 amide bonds. The molecule has 7 nitrogen and oxygen atoms in total. The number of hydrogen-bond acceptors (Lipinski definition) is 6. The molecule has 138 valence electrons. The number of nitrogens with zero attached hydrogens (tertiary/aromatic N) is 1. The molecule has 3 rings (SSSR count). The second-order valence-corrected chi connectivity index (χ2v) is 5.79. The number of hydrogen-bond donors (Lipinski definition) is 1. The van der Waals surface area contributed by atoms with Gasteiger partial charge in [-0.05, 0) is 42.8 Å². The van der Waals surface area contributed by atoms with Crippen LogP contribution < -0.4 is 9.47 Å².